The van der Waals surface area contributed by atoms with Crippen LogP contribution in [0.1, 0.15) is 12.0 Å². The highest BCUT2D eigenvalue weighted by Crippen LogP contribution is 2.25. The Morgan fingerprint density at radius 3 is 2.29 bits per heavy atom. The molecule has 0 saturated heterocycles. The molecule has 0 atom stereocenters. The molecule has 0 aliphatic rings. The summed E-state index contributed by atoms with van der Waals surface area (Å²) in [6.07, 6.45) is 0.928. The lowest BCUT2D eigenvalue weighted by Gasteiger charge is -2.04. The van der Waals surface area contributed by atoms with E-state index in [0.717, 1.165) is 5.56 Å². The predicted molar refractivity (Wildman–Crippen MR) is 60.5 cm³/mol. The van der Waals surface area contributed by atoms with Crippen molar-refractivity contribution >= 4 is 40.6 Å². The third-order valence-electron chi connectivity index (χ3n) is 1.86. The van der Waals surface area contributed by atoms with Gasteiger partial charge in [-0.1, -0.05) is 29.3 Å². The molecular formula is C10H9Cl3O. The molecule has 1 rings (SSSR count). The van der Waals surface area contributed by atoms with Crippen molar-refractivity contribution < 1.29 is 4.79 Å². The molecule has 0 radical (unpaired) electrons. The average molecular weight is 252 g/mol. The van der Waals surface area contributed by atoms with Gasteiger partial charge in [-0.3, -0.25) is 4.79 Å². The minimum atomic E-state index is 0.00246. The fourth-order valence-corrected chi connectivity index (χ4v) is 1.82. The Labute approximate surface area is 98.0 Å². The van der Waals surface area contributed by atoms with E-state index in [-0.39, 0.29) is 11.7 Å². The first-order valence-electron chi connectivity index (χ1n) is 4.15. The minimum Gasteiger partial charge on any atom is -0.298 e. The Hall–Kier alpha value is -0.240. The molecule has 0 aliphatic carbocycles. The molecule has 76 valence electrons. The third kappa shape index (κ3) is 3.16. The van der Waals surface area contributed by atoms with Gasteiger partial charge in [0.25, 0.3) is 0 Å². The van der Waals surface area contributed by atoms with E-state index in [1.807, 2.05) is 0 Å². The monoisotopic (exact) mass is 250 g/mol. The Morgan fingerprint density at radius 2 is 1.79 bits per heavy atom. The maximum Gasteiger partial charge on any atom is 0.147 e. The van der Waals surface area contributed by atoms with Crippen LogP contribution in [0, 0.1) is 0 Å². The summed E-state index contributed by atoms with van der Waals surface area (Å²) in [6, 6.07) is 5.29. The lowest BCUT2D eigenvalue weighted by Crippen LogP contribution is -2.01. The van der Waals surface area contributed by atoms with Gasteiger partial charge in [-0.2, -0.15) is 0 Å². The van der Waals surface area contributed by atoms with Crippen LogP contribution in [-0.4, -0.2) is 11.7 Å². The van der Waals surface area contributed by atoms with Gasteiger partial charge in [-0.25, -0.2) is 0 Å². The van der Waals surface area contributed by atoms with E-state index in [9.17, 15) is 4.79 Å². The molecule has 0 bridgehead atoms. The van der Waals surface area contributed by atoms with Crippen molar-refractivity contribution in [1.82, 2.24) is 0 Å². The van der Waals surface area contributed by atoms with Crippen LogP contribution >= 0.6 is 34.8 Å². The summed E-state index contributed by atoms with van der Waals surface area (Å²) in [7, 11) is 0. The molecule has 0 fully saturated rings. The SMILES string of the molecule is O=C(CCl)CCc1c(Cl)cccc1Cl. The fraction of sp³-hybridized carbons (Fsp3) is 0.300. The van der Waals surface area contributed by atoms with Crippen molar-refractivity contribution in [3.05, 3.63) is 33.8 Å². The first-order chi connectivity index (χ1) is 6.65. The number of alkyl halides is 1. The topological polar surface area (TPSA) is 17.1 Å². The Kier molecular flexibility index (Phi) is 4.73. The second-order valence-corrected chi connectivity index (χ2v) is 3.95. The molecule has 0 heterocycles. The quantitative estimate of drug-likeness (QED) is 0.745. The number of carbonyl (C=O) groups excluding carboxylic acids is 1. The number of ketones is 1. The standard InChI is InChI=1S/C10H9Cl3O/c11-6-7(14)4-5-8-9(12)2-1-3-10(8)13/h1-3H,4-6H2. The van der Waals surface area contributed by atoms with Gasteiger partial charge in [0.1, 0.15) is 5.78 Å². The summed E-state index contributed by atoms with van der Waals surface area (Å²) in [4.78, 5) is 11.0. The van der Waals surface area contributed by atoms with Crippen LogP contribution in [0.4, 0.5) is 0 Å². The van der Waals surface area contributed by atoms with Crippen LogP contribution in [0.25, 0.3) is 0 Å². The van der Waals surface area contributed by atoms with Crippen LogP contribution in [0.5, 0.6) is 0 Å². The predicted octanol–water partition coefficient (Wildman–Crippen LogP) is 3.73. The van der Waals surface area contributed by atoms with Crippen molar-refractivity contribution in [3.63, 3.8) is 0 Å². The van der Waals surface area contributed by atoms with Gasteiger partial charge in [0, 0.05) is 16.5 Å². The highest BCUT2D eigenvalue weighted by atomic mass is 35.5. The molecule has 0 unspecified atom stereocenters. The zero-order valence-electron chi connectivity index (χ0n) is 7.40. The van der Waals surface area contributed by atoms with Gasteiger partial charge in [0.05, 0.1) is 5.88 Å². The Balaban J connectivity index is 2.71. The molecule has 0 amide bonds. The van der Waals surface area contributed by atoms with Gasteiger partial charge in [0.15, 0.2) is 0 Å². The van der Waals surface area contributed by atoms with Crippen molar-refractivity contribution in [2.45, 2.75) is 12.8 Å². The van der Waals surface area contributed by atoms with Gasteiger partial charge in [-0.05, 0) is 24.1 Å². The molecule has 14 heavy (non-hydrogen) atoms. The van der Waals surface area contributed by atoms with E-state index in [0.29, 0.717) is 22.9 Å². The van der Waals surface area contributed by atoms with Gasteiger partial charge in [-0.15, -0.1) is 11.6 Å². The summed E-state index contributed by atoms with van der Waals surface area (Å²) in [5.74, 6) is 0.0462. The molecule has 0 spiro atoms. The largest absolute Gasteiger partial charge is 0.298 e. The molecule has 1 aromatic rings. The number of halogens is 3. The zero-order chi connectivity index (χ0) is 10.6. The van der Waals surface area contributed by atoms with Gasteiger partial charge in [0.2, 0.25) is 0 Å². The van der Waals surface area contributed by atoms with Gasteiger partial charge < -0.3 is 0 Å². The molecule has 0 saturated carbocycles. The molecule has 1 nitrogen and oxygen atoms in total. The van der Waals surface area contributed by atoms with Crippen molar-refractivity contribution in [1.29, 1.82) is 0 Å². The summed E-state index contributed by atoms with van der Waals surface area (Å²) in [6.45, 7) is 0. The van der Waals surface area contributed by atoms with E-state index in [2.05, 4.69) is 0 Å². The van der Waals surface area contributed by atoms with E-state index in [1.54, 1.807) is 18.2 Å². The second-order valence-electron chi connectivity index (χ2n) is 2.87. The summed E-state index contributed by atoms with van der Waals surface area (Å²) in [5.41, 5.74) is 0.814. The Morgan fingerprint density at radius 1 is 1.21 bits per heavy atom. The second kappa shape index (κ2) is 5.59. The number of carbonyl (C=O) groups is 1. The smallest absolute Gasteiger partial charge is 0.147 e. The zero-order valence-corrected chi connectivity index (χ0v) is 9.66. The number of rotatable bonds is 4. The summed E-state index contributed by atoms with van der Waals surface area (Å²) >= 11 is 17.2. The maximum atomic E-state index is 11.0. The van der Waals surface area contributed by atoms with Crippen LogP contribution in [-0.2, 0) is 11.2 Å². The lowest BCUT2D eigenvalue weighted by atomic mass is 10.1. The molecule has 0 aromatic heterocycles. The number of benzene rings is 1. The van der Waals surface area contributed by atoms with E-state index >= 15 is 0 Å². The minimum absolute atomic E-state index is 0.00246. The van der Waals surface area contributed by atoms with Gasteiger partial charge >= 0.3 is 0 Å². The Bertz CT molecular complexity index is 316. The highest BCUT2D eigenvalue weighted by molar-refractivity contribution is 6.36. The fourth-order valence-electron chi connectivity index (χ4n) is 1.10. The first kappa shape index (κ1) is 11.8. The maximum absolute atomic E-state index is 11.0. The third-order valence-corrected chi connectivity index (χ3v) is 2.87. The highest BCUT2D eigenvalue weighted by Gasteiger charge is 2.07. The first-order valence-corrected chi connectivity index (χ1v) is 5.44. The van der Waals surface area contributed by atoms with Crippen LogP contribution in [0.15, 0.2) is 18.2 Å². The number of Topliss-reactive ketones (excluding diaryl/α,β-unsaturated/α-hetero) is 1. The average Bonchev–Trinajstić information content (AvgIpc) is 2.16. The molecular weight excluding hydrogens is 242 g/mol. The molecule has 1 aromatic carbocycles. The van der Waals surface area contributed by atoms with Crippen LogP contribution in [0.3, 0.4) is 0 Å². The lowest BCUT2D eigenvalue weighted by molar-refractivity contribution is -0.116. The normalized spacial score (nSPS) is 10.2. The van der Waals surface area contributed by atoms with Crippen molar-refractivity contribution in [2.24, 2.45) is 0 Å². The molecule has 0 aliphatic heterocycles. The summed E-state index contributed by atoms with van der Waals surface area (Å²) < 4.78 is 0. The summed E-state index contributed by atoms with van der Waals surface area (Å²) in [5, 5.41) is 1.19. The van der Waals surface area contributed by atoms with Crippen molar-refractivity contribution in [3.8, 4) is 0 Å². The van der Waals surface area contributed by atoms with E-state index in [1.165, 1.54) is 0 Å². The molecule has 4 heteroatoms. The van der Waals surface area contributed by atoms with Crippen LogP contribution < -0.4 is 0 Å². The van der Waals surface area contributed by atoms with Crippen molar-refractivity contribution in [2.75, 3.05) is 5.88 Å². The van der Waals surface area contributed by atoms with Crippen LogP contribution in [0.2, 0.25) is 10.0 Å². The number of hydrogen-bond donors (Lipinski definition) is 0. The van der Waals surface area contributed by atoms with E-state index in [4.69, 9.17) is 34.8 Å². The molecule has 0 N–H and O–H groups in total. The number of hydrogen-bond acceptors (Lipinski definition) is 1. The van der Waals surface area contributed by atoms with E-state index < -0.39 is 0 Å².